The van der Waals surface area contributed by atoms with Crippen LogP contribution in [0, 0.1) is 25.2 Å². The Balaban J connectivity index is 2.25. The maximum absolute atomic E-state index is 9.32. The second-order valence-electron chi connectivity index (χ2n) is 4.93. The van der Waals surface area contributed by atoms with Gasteiger partial charge in [-0.1, -0.05) is 0 Å². The Morgan fingerprint density at radius 1 is 1.37 bits per heavy atom. The number of aromatic nitrogens is 3. The molecule has 0 radical (unpaired) electrons. The Morgan fingerprint density at radius 3 is 2.79 bits per heavy atom. The van der Waals surface area contributed by atoms with E-state index in [-0.39, 0.29) is 0 Å². The van der Waals surface area contributed by atoms with Gasteiger partial charge in [0.15, 0.2) is 5.82 Å². The van der Waals surface area contributed by atoms with Crippen molar-refractivity contribution < 1.29 is 0 Å². The fourth-order valence-corrected chi connectivity index (χ4v) is 2.57. The van der Waals surface area contributed by atoms with E-state index in [0.717, 1.165) is 36.3 Å². The number of nitriles is 1. The maximum atomic E-state index is 9.32. The van der Waals surface area contributed by atoms with Crippen LogP contribution in [0.5, 0.6) is 0 Å². The second-order valence-corrected chi connectivity index (χ2v) is 4.93. The molecule has 3 rings (SSSR count). The molecule has 0 aromatic carbocycles. The number of nitrogens with two attached hydrogens (primary N) is 1. The van der Waals surface area contributed by atoms with Crippen LogP contribution >= 0.6 is 0 Å². The van der Waals surface area contributed by atoms with Crippen LogP contribution in [0.25, 0.3) is 5.82 Å². The average molecular weight is 253 g/mol. The number of nitrogen functional groups attached to an aromatic ring is 1. The zero-order valence-corrected chi connectivity index (χ0v) is 11.1. The van der Waals surface area contributed by atoms with Crippen molar-refractivity contribution in [3.63, 3.8) is 0 Å². The maximum Gasteiger partial charge on any atom is 0.171 e. The molecule has 0 atom stereocenters. The summed E-state index contributed by atoms with van der Waals surface area (Å²) in [7, 11) is 0. The summed E-state index contributed by atoms with van der Waals surface area (Å²) in [4.78, 5) is 4.63. The molecule has 0 fully saturated rings. The summed E-state index contributed by atoms with van der Waals surface area (Å²) in [5.74, 6) is 0.598. The molecule has 2 aromatic heterocycles. The van der Waals surface area contributed by atoms with Gasteiger partial charge in [0.25, 0.3) is 0 Å². The van der Waals surface area contributed by atoms with Gasteiger partial charge in [-0.05, 0) is 44.7 Å². The molecule has 0 spiro atoms. The van der Waals surface area contributed by atoms with E-state index in [1.54, 1.807) is 4.68 Å². The SMILES string of the molecule is Cc1nn(-c2nc3c(cc2C#N)CCC3)c(C)c1N. The predicted octanol–water partition coefficient (Wildman–Crippen LogP) is 1.83. The Morgan fingerprint density at radius 2 is 2.16 bits per heavy atom. The van der Waals surface area contributed by atoms with Crippen LogP contribution in [-0.2, 0) is 12.8 Å². The molecule has 0 saturated carbocycles. The lowest BCUT2D eigenvalue weighted by Crippen LogP contribution is -2.07. The van der Waals surface area contributed by atoms with Crippen LogP contribution in [0.1, 0.15) is 34.6 Å². The normalized spacial score (nSPS) is 13.3. The number of hydrogen-bond acceptors (Lipinski definition) is 4. The van der Waals surface area contributed by atoms with Crippen LogP contribution in [0.4, 0.5) is 5.69 Å². The number of anilines is 1. The van der Waals surface area contributed by atoms with Gasteiger partial charge in [-0.3, -0.25) is 0 Å². The second kappa shape index (κ2) is 4.09. The first kappa shape index (κ1) is 11.7. The Labute approximate surface area is 111 Å². The van der Waals surface area contributed by atoms with Crippen LogP contribution in [-0.4, -0.2) is 14.8 Å². The zero-order chi connectivity index (χ0) is 13.6. The smallest absolute Gasteiger partial charge is 0.171 e. The van der Waals surface area contributed by atoms with Gasteiger partial charge < -0.3 is 5.73 Å². The van der Waals surface area contributed by atoms with E-state index >= 15 is 0 Å². The molecule has 5 nitrogen and oxygen atoms in total. The molecule has 2 N–H and O–H groups in total. The molecule has 0 bridgehead atoms. The van der Waals surface area contributed by atoms with Crippen LogP contribution in [0.15, 0.2) is 6.07 Å². The van der Waals surface area contributed by atoms with Gasteiger partial charge >= 0.3 is 0 Å². The Kier molecular flexibility index (Phi) is 2.53. The van der Waals surface area contributed by atoms with E-state index in [0.29, 0.717) is 17.1 Å². The highest BCUT2D eigenvalue weighted by Crippen LogP contribution is 2.26. The van der Waals surface area contributed by atoms with E-state index in [4.69, 9.17) is 5.73 Å². The van der Waals surface area contributed by atoms with Crippen molar-refractivity contribution in [3.8, 4) is 11.9 Å². The van der Waals surface area contributed by atoms with Gasteiger partial charge in [-0.2, -0.15) is 10.4 Å². The average Bonchev–Trinajstić information content (AvgIpc) is 2.97. The first-order valence-electron chi connectivity index (χ1n) is 6.36. The summed E-state index contributed by atoms with van der Waals surface area (Å²) in [6.45, 7) is 3.75. The van der Waals surface area contributed by atoms with Crippen molar-refractivity contribution in [3.05, 3.63) is 34.3 Å². The third-order valence-electron chi connectivity index (χ3n) is 3.70. The number of hydrogen-bond donors (Lipinski definition) is 1. The third-order valence-corrected chi connectivity index (χ3v) is 3.70. The summed E-state index contributed by atoms with van der Waals surface area (Å²) in [5.41, 5.74) is 11.0. The number of nitrogens with zero attached hydrogens (tertiary/aromatic N) is 4. The van der Waals surface area contributed by atoms with E-state index < -0.39 is 0 Å². The van der Waals surface area contributed by atoms with Crippen molar-refractivity contribution in [2.45, 2.75) is 33.1 Å². The lowest BCUT2D eigenvalue weighted by atomic mass is 10.1. The molecule has 0 saturated heterocycles. The summed E-state index contributed by atoms with van der Waals surface area (Å²) >= 11 is 0. The summed E-state index contributed by atoms with van der Waals surface area (Å²) < 4.78 is 1.68. The lowest BCUT2D eigenvalue weighted by molar-refractivity contribution is 0.793. The standard InChI is InChI=1S/C14H15N5/c1-8-13(16)9(2)19(18-8)14-11(7-15)6-10-4-3-5-12(10)17-14/h6H,3-5,16H2,1-2H3. The molecular formula is C14H15N5. The third kappa shape index (κ3) is 1.68. The fraction of sp³-hybridized carbons (Fsp3) is 0.357. The van der Waals surface area contributed by atoms with Crippen molar-refractivity contribution in [1.82, 2.24) is 14.8 Å². The molecule has 1 aliphatic rings. The van der Waals surface area contributed by atoms with E-state index in [1.165, 1.54) is 5.56 Å². The van der Waals surface area contributed by atoms with Crippen molar-refractivity contribution in [2.24, 2.45) is 0 Å². The van der Waals surface area contributed by atoms with Gasteiger partial charge in [-0.15, -0.1) is 0 Å². The highest BCUT2D eigenvalue weighted by atomic mass is 15.3. The highest BCUT2D eigenvalue weighted by molar-refractivity contribution is 5.54. The molecule has 2 heterocycles. The van der Waals surface area contributed by atoms with Crippen molar-refractivity contribution in [2.75, 3.05) is 5.73 Å². The van der Waals surface area contributed by atoms with Gasteiger partial charge in [0.2, 0.25) is 0 Å². The summed E-state index contributed by atoms with van der Waals surface area (Å²) in [6.07, 6.45) is 3.09. The van der Waals surface area contributed by atoms with Crippen LogP contribution in [0.2, 0.25) is 0 Å². The van der Waals surface area contributed by atoms with Crippen molar-refractivity contribution >= 4 is 5.69 Å². The van der Waals surface area contributed by atoms with E-state index in [2.05, 4.69) is 16.2 Å². The quantitative estimate of drug-likeness (QED) is 0.840. The van der Waals surface area contributed by atoms with Crippen LogP contribution < -0.4 is 5.73 Å². The fourth-order valence-electron chi connectivity index (χ4n) is 2.57. The van der Waals surface area contributed by atoms with Gasteiger partial charge in [0.1, 0.15) is 6.07 Å². The van der Waals surface area contributed by atoms with Crippen molar-refractivity contribution in [1.29, 1.82) is 5.26 Å². The number of pyridine rings is 1. The molecule has 0 aliphatic heterocycles. The molecular weight excluding hydrogens is 238 g/mol. The molecule has 1 aliphatic carbocycles. The molecule has 0 unspecified atom stereocenters. The highest BCUT2D eigenvalue weighted by Gasteiger charge is 2.20. The van der Waals surface area contributed by atoms with Gasteiger partial charge in [0.05, 0.1) is 22.6 Å². The monoisotopic (exact) mass is 253 g/mol. The summed E-state index contributed by atoms with van der Waals surface area (Å²) in [6, 6.07) is 4.16. The van der Waals surface area contributed by atoms with Crippen LogP contribution in [0.3, 0.4) is 0 Å². The molecule has 0 amide bonds. The Hall–Kier alpha value is -2.35. The minimum absolute atomic E-state index is 0.561. The molecule has 96 valence electrons. The lowest BCUT2D eigenvalue weighted by Gasteiger charge is -2.08. The first-order chi connectivity index (χ1) is 9.11. The minimum Gasteiger partial charge on any atom is -0.396 e. The van der Waals surface area contributed by atoms with E-state index in [1.807, 2.05) is 19.9 Å². The van der Waals surface area contributed by atoms with Gasteiger partial charge in [0, 0.05) is 5.69 Å². The van der Waals surface area contributed by atoms with Gasteiger partial charge in [-0.25, -0.2) is 9.67 Å². The largest absolute Gasteiger partial charge is 0.396 e. The minimum atomic E-state index is 0.561. The number of aryl methyl sites for hydroxylation is 3. The number of fused-ring (bicyclic) bond motifs is 1. The predicted molar refractivity (Wildman–Crippen MR) is 72.0 cm³/mol. The molecule has 19 heavy (non-hydrogen) atoms. The topological polar surface area (TPSA) is 80.5 Å². The Bertz CT molecular complexity index is 706. The molecule has 2 aromatic rings. The number of rotatable bonds is 1. The molecule has 5 heteroatoms. The van der Waals surface area contributed by atoms with E-state index in [9.17, 15) is 5.26 Å². The summed E-state index contributed by atoms with van der Waals surface area (Å²) in [5, 5.41) is 13.7. The first-order valence-corrected chi connectivity index (χ1v) is 6.36. The zero-order valence-electron chi connectivity index (χ0n) is 11.1.